The van der Waals surface area contributed by atoms with Gasteiger partial charge in [0.25, 0.3) is 5.95 Å². The molecule has 14 heavy (non-hydrogen) atoms. The van der Waals surface area contributed by atoms with Crippen molar-refractivity contribution in [1.82, 2.24) is 4.98 Å². The summed E-state index contributed by atoms with van der Waals surface area (Å²) in [7, 11) is 0. The number of anilines is 1. The molecule has 0 aliphatic carbocycles. The number of nitrogens with zero attached hydrogens (tertiary/aromatic N) is 1. The molecule has 0 aliphatic heterocycles. The Morgan fingerprint density at radius 2 is 2.00 bits per heavy atom. The number of halogens is 3. The minimum absolute atomic E-state index is 0.0399. The molecule has 1 heterocycles. The summed E-state index contributed by atoms with van der Waals surface area (Å²) >= 11 is 0. The fourth-order valence-electron chi connectivity index (χ4n) is 0.881. The van der Waals surface area contributed by atoms with Crippen LogP contribution in [0.1, 0.15) is 20.3 Å². The lowest BCUT2D eigenvalue weighted by Gasteiger charge is -2.12. The summed E-state index contributed by atoms with van der Waals surface area (Å²) in [4.78, 5) is 3.13. The van der Waals surface area contributed by atoms with Crippen LogP contribution < -0.4 is 5.32 Å². The van der Waals surface area contributed by atoms with Gasteiger partial charge in [-0.05, 0) is 13.3 Å². The fraction of sp³-hybridized carbons (Fsp3) is 0.444. The molecule has 0 amide bonds. The number of hydrogen-bond donors (Lipinski definition) is 1. The van der Waals surface area contributed by atoms with E-state index >= 15 is 0 Å². The SMILES string of the molecule is CCC(C)Nc1nc(F)c(F)cc1F. The molecule has 0 saturated carbocycles. The van der Waals surface area contributed by atoms with Crippen LogP contribution in [0.4, 0.5) is 19.0 Å². The van der Waals surface area contributed by atoms with Crippen molar-refractivity contribution in [2.75, 3.05) is 5.32 Å². The third kappa shape index (κ3) is 2.37. The molecule has 0 bridgehead atoms. The van der Waals surface area contributed by atoms with E-state index in [1.54, 1.807) is 6.92 Å². The lowest BCUT2D eigenvalue weighted by molar-refractivity contribution is 0.465. The normalized spacial score (nSPS) is 12.6. The van der Waals surface area contributed by atoms with E-state index in [4.69, 9.17) is 0 Å². The number of pyridine rings is 1. The molecule has 0 saturated heterocycles. The lowest BCUT2D eigenvalue weighted by Crippen LogP contribution is -2.16. The van der Waals surface area contributed by atoms with Gasteiger partial charge in [-0.2, -0.15) is 9.37 Å². The highest BCUT2D eigenvalue weighted by atomic mass is 19.2. The highest BCUT2D eigenvalue weighted by Crippen LogP contribution is 2.15. The summed E-state index contributed by atoms with van der Waals surface area (Å²) in [5.74, 6) is -3.71. The molecule has 2 nitrogen and oxygen atoms in total. The zero-order valence-corrected chi connectivity index (χ0v) is 7.94. The van der Waals surface area contributed by atoms with Crippen molar-refractivity contribution in [3.63, 3.8) is 0 Å². The Morgan fingerprint density at radius 3 is 2.57 bits per heavy atom. The Kier molecular flexibility index (Phi) is 3.33. The standard InChI is InChI=1S/C9H11F3N2/c1-3-5(2)13-9-7(11)4-6(10)8(12)14-9/h4-5H,3H2,1-2H3,(H,13,14). The minimum Gasteiger partial charge on any atom is -0.365 e. The molecule has 1 aromatic rings. The fourth-order valence-corrected chi connectivity index (χ4v) is 0.881. The van der Waals surface area contributed by atoms with Crippen LogP contribution in [0.2, 0.25) is 0 Å². The maximum absolute atomic E-state index is 13.0. The molecular weight excluding hydrogens is 193 g/mol. The number of hydrogen-bond acceptors (Lipinski definition) is 2. The second-order valence-corrected chi connectivity index (χ2v) is 3.05. The largest absolute Gasteiger partial charge is 0.365 e. The predicted octanol–water partition coefficient (Wildman–Crippen LogP) is 2.71. The van der Waals surface area contributed by atoms with Gasteiger partial charge in [0.1, 0.15) is 0 Å². The van der Waals surface area contributed by atoms with Crippen molar-refractivity contribution in [2.45, 2.75) is 26.3 Å². The Morgan fingerprint density at radius 1 is 1.36 bits per heavy atom. The number of nitrogens with one attached hydrogen (secondary N) is 1. The van der Waals surface area contributed by atoms with E-state index in [0.717, 1.165) is 6.42 Å². The van der Waals surface area contributed by atoms with E-state index in [1.807, 2.05) is 6.92 Å². The molecule has 1 atom stereocenters. The molecule has 1 unspecified atom stereocenters. The van der Waals surface area contributed by atoms with Gasteiger partial charge in [-0.15, -0.1) is 0 Å². The zero-order chi connectivity index (χ0) is 10.7. The second kappa shape index (κ2) is 4.30. The van der Waals surface area contributed by atoms with Crippen LogP contribution in [0.15, 0.2) is 6.07 Å². The molecule has 0 aliphatic rings. The van der Waals surface area contributed by atoms with Gasteiger partial charge in [0, 0.05) is 12.1 Å². The first kappa shape index (κ1) is 10.8. The molecule has 78 valence electrons. The maximum Gasteiger partial charge on any atom is 0.251 e. The Labute approximate surface area is 80.2 Å². The summed E-state index contributed by atoms with van der Waals surface area (Å²) in [5, 5.41) is 2.64. The van der Waals surface area contributed by atoms with E-state index in [9.17, 15) is 13.2 Å². The molecule has 0 radical (unpaired) electrons. The average Bonchev–Trinajstić information content (AvgIpc) is 2.14. The third-order valence-corrected chi connectivity index (χ3v) is 1.88. The van der Waals surface area contributed by atoms with Crippen LogP contribution in [-0.4, -0.2) is 11.0 Å². The molecule has 0 spiro atoms. The molecule has 0 aromatic carbocycles. The van der Waals surface area contributed by atoms with Gasteiger partial charge in [0.05, 0.1) is 0 Å². The van der Waals surface area contributed by atoms with Crippen molar-refractivity contribution >= 4 is 5.82 Å². The van der Waals surface area contributed by atoms with Gasteiger partial charge in [0.15, 0.2) is 17.5 Å². The van der Waals surface area contributed by atoms with E-state index in [2.05, 4.69) is 10.3 Å². The molecule has 1 rings (SSSR count). The summed E-state index contributed by atoms with van der Waals surface area (Å²) in [5.41, 5.74) is 0. The van der Waals surface area contributed by atoms with Crippen molar-refractivity contribution in [1.29, 1.82) is 0 Å². The van der Waals surface area contributed by atoms with Gasteiger partial charge in [-0.3, -0.25) is 0 Å². The van der Waals surface area contributed by atoms with Crippen LogP contribution >= 0.6 is 0 Å². The van der Waals surface area contributed by atoms with Gasteiger partial charge < -0.3 is 5.32 Å². The van der Waals surface area contributed by atoms with Crippen LogP contribution in [0.5, 0.6) is 0 Å². The van der Waals surface area contributed by atoms with Gasteiger partial charge in [-0.25, -0.2) is 8.78 Å². The summed E-state index contributed by atoms with van der Waals surface area (Å²) in [6.07, 6.45) is 0.736. The van der Waals surface area contributed by atoms with E-state index < -0.39 is 17.6 Å². The molecule has 1 N–H and O–H groups in total. The van der Waals surface area contributed by atoms with Crippen LogP contribution in [0, 0.1) is 17.6 Å². The van der Waals surface area contributed by atoms with Gasteiger partial charge >= 0.3 is 0 Å². The smallest absolute Gasteiger partial charge is 0.251 e. The van der Waals surface area contributed by atoms with Crippen LogP contribution in [0.25, 0.3) is 0 Å². The molecule has 0 fully saturated rings. The summed E-state index contributed by atoms with van der Waals surface area (Å²) in [6.45, 7) is 3.68. The first-order valence-electron chi connectivity index (χ1n) is 4.32. The topological polar surface area (TPSA) is 24.9 Å². The first-order chi connectivity index (χ1) is 6.54. The second-order valence-electron chi connectivity index (χ2n) is 3.05. The highest BCUT2D eigenvalue weighted by Gasteiger charge is 2.12. The van der Waals surface area contributed by atoms with Crippen molar-refractivity contribution in [3.8, 4) is 0 Å². The highest BCUT2D eigenvalue weighted by molar-refractivity contribution is 5.36. The number of aromatic nitrogens is 1. The predicted molar refractivity (Wildman–Crippen MR) is 47.5 cm³/mol. The van der Waals surface area contributed by atoms with Gasteiger partial charge in [0.2, 0.25) is 0 Å². The molecule has 1 aromatic heterocycles. The van der Waals surface area contributed by atoms with Crippen molar-refractivity contribution in [3.05, 3.63) is 23.6 Å². The Hall–Kier alpha value is -1.26. The van der Waals surface area contributed by atoms with Gasteiger partial charge in [-0.1, -0.05) is 6.92 Å². The Bertz CT molecular complexity index is 328. The maximum atomic E-state index is 13.0. The van der Waals surface area contributed by atoms with Crippen LogP contribution in [0.3, 0.4) is 0 Å². The van der Waals surface area contributed by atoms with Crippen molar-refractivity contribution in [2.24, 2.45) is 0 Å². The molecular formula is C9H11F3N2. The summed E-state index contributed by atoms with van der Waals surface area (Å²) in [6, 6.07) is 0.439. The quantitative estimate of drug-likeness (QED) is 0.765. The summed E-state index contributed by atoms with van der Waals surface area (Å²) < 4.78 is 38.1. The third-order valence-electron chi connectivity index (χ3n) is 1.88. The van der Waals surface area contributed by atoms with E-state index in [-0.39, 0.29) is 11.9 Å². The average molecular weight is 204 g/mol. The lowest BCUT2D eigenvalue weighted by atomic mass is 10.2. The Balaban J connectivity index is 2.92. The first-order valence-corrected chi connectivity index (χ1v) is 4.32. The van der Waals surface area contributed by atoms with E-state index in [1.165, 1.54) is 0 Å². The van der Waals surface area contributed by atoms with E-state index in [0.29, 0.717) is 6.07 Å². The minimum atomic E-state index is -1.29. The zero-order valence-electron chi connectivity index (χ0n) is 7.94. The monoisotopic (exact) mass is 204 g/mol. The number of rotatable bonds is 3. The van der Waals surface area contributed by atoms with Crippen LogP contribution in [-0.2, 0) is 0 Å². The van der Waals surface area contributed by atoms with Crippen molar-refractivity contribution < 1.29 is 13.2 Å². The molecule has 5 heteroatoms.